The van der Waals surface area contributed by atoms with Crippen molar-refractivity contribution in [3.63, 3.8) is 0 Å². The molecule has 0 aromatic heterocycles. The summed E-state index contributed by atoms with van der Waals surface area (Å²) in [4.78, 5) is 2.83. The minimum atomic E-state index is -0.201. The van der Waals surface area contributed by atoms with E-state index in [1.54, 1.807) is 0 Å². The van der Waals surface area contributed by atoms with Gasteiger partial charge in [0.25, 0.3) is 0 Å². The molecule has 21 heavy (non-hydrogen) atoms. The summed E-state index contributed by atoms with van der Waals surface area (Å²) in [5.74, 6) is 0.959. The molecule has 0 bridgehead atoms. The maximum atomic E-state index is 9.71. The Bertz CT molecular complexity index is 423. The molecule has 4 rings (SSSR count). The number of rotatable bonds is 3. The predicted molar refractivity (Wildman–Crippen MR) is 83.8 cm³/mol. The van der Waals surface area contributed by atoms with E-state index < -0.39 is 0 Å². The SMILES string of the molecule is N#CC1(NC2CC2)CCC(N2CCCC3CCCCC32)C1. The number of hydrogen-bond acceptors (Lipinski definition) is 3. The third-order valence-electron chi connectivity index (χ3n) is 6.52. The zero-order valence-corrected chi connectivity index (χ0v) is 13.2. The van der Waals surface area contributed by atoms with E-state index in [1.807, 2.05) is 0 Å². The maximum absolute atomic E-state index is 9.71. The van der Waals surface area contributed by atoms with Crippen LogP contribution in [0.2, 0.25) is 0 Å². The number of nitrogens with one attached hydrogen (secondary N) is 1. The molecule has 4 fully saturated rings. The Balaban J connectivity index is 1.45. The van der Waals surface area contributed by atoms with Crippen LogP contribution in [0.3, 0.4) is 0 Å². The largest absolute Gasteiger partial charge is 0.297 e. The first kappa shape index (κ1) is 14.0. The first-order chi connectivity index (χ1) is 10.3. The van der Waals surface area contributed by atoms with Crippen molar-refractivity contribution in [1.82, 2.24) is 10.2 Å². The highest BCUT2D eigenvalue weighted by Gasteiger charge is 2.47. The van der Waals surface area contributed by atoms with E-state index in [-0.39, 0.29) is 5.54 Å². The second kappa shape index (κ2) is 5.56. The summed E-state index contributed by atoms with van der Waals surface area (Å²) in [5.41, 5.74) is -0.201. The molecule has 4 aliphatic rings. The van der Waals surface area contributed by atoms with E-state index in [0.29, 0.717) is 12.1 Å². The lowest BCUT2D eigenvalue weighted by atomic mass is 9.77. The normalized spacial score (nSPS) is 44.2. The summed E-state index contributed by atoms with van der Waals surface area (Å²) in [7, 11) is 0. The first-order valence-electron chi connectivity index (χ1n) is 9.24. The van der Waals surface area contributed by atoms with Gasteiger partial charge in [0, 0.05) is 18.1 Å². The van der Waals surface area contributed by atoms with Crippen LogP contribution in [0, 0.1) is 17.2 Å². The summed E-state index contributed by atoms with van der Waals surface area (Å²) in [6.45, 7) is 1.29. The number of nitriles is 1. The van der Waals surface area contributed by atoms with Crippen LogP contribution < -0.4 is 5.32 Å². The highest BCUT2D eigenvalue weighted by atomic mass is 15.2. The van der Waals surface area contributed by atoms with Gasteiger partial charge in [0.15, 0.2) is 0 Å². The van der Waals surface area contributed by atoms with E-state index >= 15 is 0 Å². The summed E-state index contributed by atoms with van der Waals surface area (Å²) < 4.78 is 0. The lowest BCUT2D eigenvalue weighted by molar-refractivity contribution is 0.0261. The molecule has 0 aromatic rings. The van der Waals surface area contributed by atoms with Gasteiger partial charge in [-0.15, -0.1) is 0 Å². The molecular formula is C18H29N3. The summed E-state index contributed by atoms with van der Waals surface area (Å²) in [6, 6.07) is 4.81. The molecule has 4 atom stereocenters. The lowest BCUT2D eigenvalue weighted by Gasteiger charge is -2.47. The number of likely N-dealkylation sites (tertiary alicyclic amines) is 1. The van der Waals surface area contributed by atoms with Gasteiger partial charge in [-0.2, -0.15) is 5.26 Å². The van der Waals surface area contributed by atoms with Crippen LogP contribution in [0.15, 0.2) is 0 Å². The molecule has 0 aromatic carbocycles. The van der Waals surface area contributed by atoms with Crippen molar-refractivity contribution >= 4 is 0 Å². The third-order valence-corrected chi connectivity index (χ3v) is 6.52. The molecule has 1 N–H and O–H groups in total. The standard InChI is InChI=1S/C18H29N3/c19-13-18(20-15-7-8-15)10-9-16(12-18)21-11-3-5-14-4-1-2-6-17(14)21/h14-17,20H,1-12H2. The Morgan fingerprint density at radius 1 is 1.00 bits per heavy atom. The van der Waals surface area contributed by atoms with Crippen LogP contribution in [0.1, 0.15) is 70.6 Å². The first-order valence-corrected chi connectivity index (χ1v) is 9.24. The van der Waals surface area contributed by atoms with Crippen LogP contribution in [-0.2, 0) is 0 Å². The Labute approximate surface area is 129 Å². The topological polar surface area (TPSA) is 39.1 Å². The van der Waals surface area contributed by atoms with Crippen molar-refractivity contribution in [2.45, 2.75) is 94.3 Å². The van der Waals surface area contributed by atoms with Gasteiger partial charge in [0.05, 0.1) is 6.07 Å². The Hall–Kier alpha value is -0.590. The molecule has 116 valence electrons. The molecule has 3 aliphatic carbocycles. The molecule has 0 spiro atoms. The Morgan fingerprint density at radius 2 is 1.81 bits per heavy atom. The summed E-state index contributed by atoms with van der Waals surface area (Å²) in [5, 5.41) is 13.4. The maximum Gasteiger partial charge on any atom is 0.108 e. The van der Waals surface area contributed by atoms with Gasteiger partial charge in [-0.3, -0.25) is 10.2 Å². The molecular weight excluding hydrogens is 258 g/mol. The summed E-state index contributed by atoms with van der Waals surface area (Å²) in [6.07, 6.45) is 14.5. The zero-order chi connectivity index (χ0) is 14.3. The van der Waals surface area contributed by atoms with Crippen LogP contribution in [-0.4, -0.2) is 35.1 Å². The van der Waals surface area contributed by atoms with Crippen LogP contribution in [0.4, 0.5) is 0 Å². The fraction of sp³-hybridized carbons (Fsp3) is 0.944. The fourth-order valence-electron chi connectivity index (χ4n) is 5.30. The number of piperidine rings is 1. The van der Waals surface area contributed by atoms with Crippen LogP contribution in [0.25, 0.3) is 0 Å². The van der Waals surface area contributed by atoms with Crippen molar-refractivity contribution in [1.29, 1.82) is 5.26 Å². The van der Waals surface area contributed by atoms with Crippen molar-refractivity contribution < 1.29 is 0 Å². The second-order valence-electron chi connectivity index (χ2n) is 8.00. The molecule has 4 unspecified atom stereocenters. The van der Waals surface area contributed by atoms with Gasteiger partial charge in [0.2, 0.25) is 0 Å². The minimum Gasteiger partial charge on any atom is -0.297 e. The molecule has 1 saturated heterocycles. The van der Waals surface area contributed by atoms with Crippen molar-refractivity contribution in [2.24, 2.45) is 5.92 Å². The molecule has 1 aliphatic heterocycles. The highest BCUT2D eigenvalue weighted by Crippen LogP contribution is 2.42. The van der Waals surface area contributed by atoms with Crippen LogP contribution in [0.5, 0.6) is 0 Å². The average Bonchev–Trinajstić information content (AvgIpc) is 3.24. The zero-order valence-electron chi connectivity index (χ0n) is 13.2. The summed E-state index contributed by atoms with van der Waals surface area (Å²) >= 11 is 0. The van der Waals surface area contributed by atoms with Crippen molar-refractivity contribution in [2.75, 3.05) is 6.54 Å². The van der Waals surface area contributed by atoms with Crippen molar-refractivity contribution in [3.8, 4) is 6.07 Å². The Morgan fingerprint density at radius 3 is 2.62 bits per heavy atom. The van der Waals surface area contributed by atoms with Gasteiger partial charge in [0.1, 0.15) is 5.54 Å². The number of nitrogens with zero attached hydrogens (tertiary/aromatic N) is 2. The molecule has 0 radical (unpaired) electrons. The quantitative estimate of drug-likeness (QED) is 0.866. The second-order valence-corrected chi connectivity index (χ2v) is 8.00. The van der Waals surface area contributed by atoms with Gasteiger partial charge in [-0.25, -0.2) is 0 Å². The molecule has 3 nitrogen and oxygen atoms in total. The number of hydrogen-bond donors (Lipinski definition) is 1. The lowest BCUT2D eigenvalue weighted by Crippen LogP contribution is -2.52. The van der Waals surface area contributed by atoms with Gasteiger partial charge >= 0.3 is 0 Å². The van der Waals surface area contributed by atoms with Crippen molar-refractivity contribution in [3.05, 3.63) is 0 Å². The monoisotopic (exact) mass is 287 g/mol. The molecule has 3 heteroatoms. The Kier molecular flexibility index (Phi) is 3.71. The molecule has 0 amide bonds. The van der Waals surface area contributed by atoms with E-state index in [2.05, 4.69) is 16.3 Å². The van der Waals surface area contributed by atoms with Gasteiger partial charge in [-0.05, 0) is 70.3 Å². The molecule has 3 saturated carbocycles. The minimum absolute atomic E-state index is 0.201. The average molecular weight is 287 g/mol. The van der Waals surface area contributed by atoms with E-state index in [0.717, 1.165) is 24.8 Å². The van der Waals surface area contributed by atoms with Gasteiger partial charge < -0.3 is 0 Å². The van der Waals surface area contributed by atoms with E-state index in [1.165, 1.54) is 64.3 Å². The van der Waals surface area contributed by atoms with E-state index in [4.69, 9.17) is 0 Å². The van der Waals surface area contributed by atoms with Crippen LogP contribution >= 0.6 is 0 Å². The molecule has 1 heterocycles. The fourth-order valence-corrected chi connectivity index (χ4v) is 5.30. The predicted octanol–water partition coefficient (Wildman–Crippen LogP) is 3.21. The third kappa shape index (κ3) is 2.73. The van der Waals surface area contributed by atoms with Gasteiger partial charge in [-0.1, -0.05) is 12.8 Å². The number of fused-ring (bicyclic) bond motifs is 1. The smallest absolute Gasteiger partial charge is 0.108 e. The highest BCUT2D eigenvalue weighted by molar-refractivity contribution is 5.16. The van der Waals surface area contributed by atoms with E-state index in [9.17, 15) is 5.26 Å².